The summed E-state index contributed by atoms with van der Waals surface area (Å²) in [6.07, 6.45) is 0.605. The predicted octanol–water partition coefficient (Wildman–Crippen LogP) is 1.69. The number of Topliss-reactive ketones (excluding diaryl/α,β-unsaturated/α-hetero) is 1. The summed E-state index contributed by atoms with van der Waals surface area (Å²) in [5, 5.41) is -0.367. The summed E-state index contributed by atoms with van der Waals surface area (Å²) >= 11 is 5.37. The average Bonchev–Trinajstić information content (AvgIpc) is 2.82. The molecule has 1 unspecified atom stereocenters. The second-order valence-corrected chi connectivity index (χ2v) is 6.88. The number of thiol groups is 1. The molecule has 1 aliphatic heterocycles. The minimum Gasteiger partial charge on any atom is -0.382 e. The molecule has 7 nitrogen and oxygen atoms in total. The van der Waals surface area contributed by atoms with Crippen LogP contribution in [0.2, 0.25) is 0 Å². The molecule has 1 saturated heterocycles. The third kappa shape index (κ3) is 10.5. The molecule has 0 aromatic carbocycles. The zero-order valence-corrected chi connectivity index (χ0v) is 15.6. The summed E-state index contributed by atoms with van der Waals surface area (Å²) in [6.45, 7) is 1.96. The standard InChI is InChI=1S/C15H25NO6S2.2CH4/c1-20-5-6-21-4-3-16-14(18)10-13(15(16)19)24-9-7-22-11-12(17)2-8-23;;/h13,23H,2-11H2,1H3;2*1H4. The van der Waals surface area contributed by atoms with E-state index in [1.807, 2.05) is 0 Å². The molecule has 0 N–H and O–H groups in total. The molecule has 1 heterocycles. The first-order valence-corrected chi connectivity index (χ1v) is 9.51. The van der Waals surface area contributed by atoms with Gasteiger partial charge in [0.1, 0.15) is 6.61 Å². The molecule has 154 valence electrons. The Hall–Kier alpha value is -0.610. The highest BCUT2D eigenvalue weighted by Gasteiger charge is 2.38. The van der Waals surface area contributed by atoms with Crippen LogP contribution in [0.25, 0.3) is 0 Å². The molecule has 0 radical (unpaired) electrons. The van der Waals surface area contributed by atoms with Gasteiger partial charge in [-0.25, -0.2) is 0 Å². The van der Waals surface area contributed by atoms with Gasteiger partial charge in [0.2, 0.25) is 11.8 Å². The lowest BCUT2D eigenvalue weighted by Crippen LogP contribution is -2.34. The molecule has 0 aromatic heterocycles. The molecule has 1 rings (SSSR count). The van der Waals surface area contributed by atoms with Crippen molar-refractivity contribution in [3.8, 4) is 0 Å². The van der Waals surface area contributed by atoms with Gasteiger partial charge >= 0.3 is 0 Å². The third-order valence-electron chi connectivity index (χ3n) is 3.29. The molecule has 1 aliphatic rings. The molecule has 9 heteroatoms. The van der Waals surface area contributed by atoms with Gasteiger partial charge in [-0.1, -0.05) is 14.9 Å². The van der Waals surface area contributed by atoms with E-state index in [1.165, 1.54) is 16.7 Å². The maximum atomic E-state index is 12.2. The maximum absolute atomic E-state index is 12.2. The molecule has 0 spiro atoms. The highest BCUT2D eigenvalue weighted by atomic mass is 32.2. The van der Waals surface area contributed by atoms with Gasteiger partial charge in [-0.15, -0.1) is 11.8 Å². The lowest BCUT2D eigenvalue weighted by molar-refractivity contribution is -0.139. The number of hydrogen-bond donors (Lipinski definition) is 1. The van der Waals surface area contributed by atoms with Gasteiger partial charge in [0.25, 0.3) is 0 Å². The molecule has 26 heavy (non-hydrogen) atoms. The number of hydrogen-bond acceptors (Lipinski definition) is 8. The van der Waals surface area contributed by atoms with Crippen molar-refractivity contribution >= 4 is 42.0 Å². The van der Waals surface area contributed by atoms with Crippen LogP contribution in [0.1, 0.15) is 27.7 Å². The molecule has 0 bridgehead atoms. The van der Waals surface area contributed by atoms with E-state index in [1.54, 1.807) is 7.11 Å². The molecular formula is C17H33NO6S2. The first-order chi connectivity index (χ1) is 11.6. The third-order valence-corrected chi connectivity index (χ3v) is 4.69. The molecule has 0 aromatic rings. The van der Waals surface area contributed by atoms with Crippen molar-refractivity contribution < 1.29 is 28.6 Å². The van der Waals surface area contributed by atoms with Crippen molar-refractivity contribution in [1.82, 2.24) is 4.90 Å². The quantitative estimate of drug-likeness (QED) is 0.265. The Morgan fingerprint density at radius 3 is 2.58 bits per heavy atom. The van der Waals surface area contributed by atoms with Crippen LogP contribution < -0.4 is 0 Å². The fourth-order valence-corrected chi connectivity index (χ4v) is 3.33. The number of rotatable bonds is 14. The summed E-state index contributed by atoms with van der Waals surface area (Å²) in [5.41, 5.74) is 0. The van der Waals surface area contributed by atoms with Gasteiger partial charge in [0.05, 0.1) is 38.2 Å². The Morgan fingerprint density at radius 2 is 1.92 bits per heavy atom. The second-order valence-electron chi connectivity index (χ2n) is 5.12. The summed E-state index contributed by atoms with van der Waals surface area (Å²) in [5.74, 6) is 0.752. The molecule has 0 aliphatic carbocycles. The Bertz CT molecular complexity index is 422. The number of likely N-dealkylation sites (tertiary alicyclic amines) is 1. The van der Waals surface area contributed by atoms with Crippen LogP contribution >= 0.6 is 24.4 Å². The predicted molar refractivity (Wildman–Crippen MR) is 108 cm³/mol. The lowest BCUT2D eigenvalue weighted by Gasteiger charge is -2.14. The summed E-state index contributed by atoms with van der Waals surface area (Å²) in [7, 11) is 1.58. The normalized spacial score (nSPS) is 16.4. The van der Waals surface area contributed by atoms with Crippen LogP contribution in [0.3, 0.4) is 0 Å². The second kappa shape index (κ2) is 16.6. The number of ketones is 1. The van der Waals surface area contributed by atoms with Crippen LogP contribution in [-0.4, -0.2) is 85.9 Å². The average molecular weight is 412 g/mol. The van der Waals surface area contributed by atoms with Crippen molar-refractivity contribution in [2.75, 3.05) is 58.2 Å². The van der Waals surface area contributed by atoms with Gasteiger partial charge in [-0.2, -0.15) is 12.6 Å². The molecule has 1 fully saturated rings. The Balaban J connectivity index is 0. The van der Waals surface area contributed by atoms with Crippen LogP contribution in [0.4, 0.5) is 0 Å². The molecular weight excluding hydrogens is 378 g/mol. The highest BCUT2D eigenvalue weighted by Crippen LogP contribution is 2.24. The Morgan fingerprint density at radius 1 is 1.19 bits per heavy atom. The minimum absolute atomic E-state index is 0. The molecule has 0 saturated carbocycles. The van der Waals surface area contributed by atoms with Gasteiger partial charge in [-0.3, -0.25) is 19.3 Å². The largest absolute Gasteiger partial charge is 0.382 e. The number of nitrogens with zero attached hydrogens (tertiary/aromatic N) is 1. The van der Waals surface area contributed by atoms with Crippen LogP contribution in [-0.2, 0) is 28.6 Å². The van der Waals surface area contributed by atoms with Crippen LogP contribution in [0.5, 0.6) is 0 Å². The van der Waals surface area contributed by atoms with E-state index < -0.39 is 0 Å². The van der Waals surface area contributed by atoms with Crippen molar-refractivity contribution in [3.63, 3.8) is 0 Å². The number of imide groups is 1. The Labute approximate surface area is 166 Å². The number of amides is 2. The van der Waals surface area contributed by atoms with E-state index in [9.17, 15) is 14.4 Å². The van der Waals surface area contributed by atoms with Crippen molar-refractivity contribution in [2.24, 2.45) is 0 Å². The monoisotopic (exact) mass is 411 g/mol. The molecule has 1 atom stereocenters. The van der Waals surface area contributed by atoms with E-state index in [0.29, 0.717) is 44.4 Å². The van der Waals surface area contributed by atoms with E-state index in [2.05, 4.69) is 12.6 Å². The van der Waals surface area contributed by atoms with Crippen molar-refractivity contribution in [1.29, 1.82) is 0 Å². The van der Waals surface area contributed by atoms with E-state index in [0.717, 1.165) is 0 Å². The smallest absolute Gasteiger partial charge is 0.242 e. The van der Waals surface area contributed by atoms with Crippen LogP contribution in [0, 0.1) is 0 Å². The zero-order valence-electron chi connectivity index (χ0n) is 13.9. The van der Waals surface area contributed by atoms with Gasteiger partial charge < -0.3 is 14.2 Å². The highest BCUT2D eigenvalue weighted by molar-refractivity contribution is 8.00. The van der Waals surface area contributed by atoms with Crippen LogP contribution in [0.15, 0.2) is 0 Å². The van der Waals surface area contributed by atoms with E-state index in [4.69, 9.17) is 14.2 Å². The number of thioether (sulfide) groups is 1. The van der Waals surface area contributed by atoms with E-state index >= 15 is 0 Å². The number of methoxy groups -OCH3 is 1. The SMILES string of the molecule is C.C.COCCOCCN1C(=O)CC(SCCOCC(=O)CCS)C1=O. The van der Waals surface area contributed by atoms with E-state index in [-0.39, 0.29) is 57.3 Å². The number of ether oxygens (including phenoxy) is 3. The fourth-order valence-electron chi connectivity index (χ4n) is 2.05. The topological polar surface area (TPSA) is 82.1 Å². The summed E-state index contributed by atoms with van der Waals surface area (Å²) in [4.78, 5) is 36.6. The van der Waals surface area contributed by atoms with Crippen molar-refractivity contribution in [2.45, 2.75) is 32.9 Å². The summed E-state index contributed by atoms with van der Waals surface area (Å²) in [6, 6.07) is 0. The summed E-state index contributed by atoms with van der Waals surface area (Å²) < 4.78 is 15.4. The first kappa shape index (κ1) is 27.6. The van der Waals surface area contributed by atoms with Gasteiger partial charge in [0, 0.05) is 25.7 Å². The molecule has 2 amide bonds. The number of carbonyl (C=O) groups is 3. The zero-order chi connectivity index (χ0) is 17.8. The fraction of sp³-hybridized carbons (Fsp3) is 0.824. The minimum atomic E-state index is -0.367. The van der Waals surface area contributed by atoms with Gasteiger partial charge in [-0.05, 0) is 5.75 Å². The maximum Gasteiger partial charge on any atom is 0.242 e. The Kier molecular flexibility index (Phi) is 17.6. The first-order valence-electron chi connectivity index (χ1n) is 7.83. The number of carbonyl (C=O) groups excluding carboxylic acids is 3. The lowest BCUT2D eigenvalue weighted by atomic mass is 10.3. The van der Waals surface area contributed by atoms with Gasteiger partial charge in [0.15, 0.2) is 5.78 Å². The van der Waals surface area contributed by atoms with Crippen molar-refractivity contribution in [3.05, 3.63) is 0 Å².